The highest BCUT2D eigenvalue weighted by atomic mass is 35.5. The van der Waals surface area contributed by atoms with Crippen molar-refractivity contribution in [2.45, 2.75) is 12.8 Å². The van der Waals surface area contributed by atoms with Crippen LogP contribution in [-0.4, -0.2) is 47.4 Å². The number of piperazine rings is 1. The van der Waals surface area contributed by atoms with Gasteiger partial charge in [0.05, 0.1) is 27.1 Å². The average molecular weight is 491 g/mol. The van der Waals surface area contributed by atoms with E-state index in [0.717, 1.165) is 68.3 Å². The predicted molar refractivity (Wildman–Crippen MR) is 142 cm³/mol. The van der Waals surface area contributed by atoms with Crippen LogP contribution in [-0.2, 0) is 6.42 Å². The van der Waals surface area contributed by atoms with Crippen LogP contribution >= 0.6 is 23.2 Å². The second-order valence-corrected chi connectivity index (χ2v) is 9.48. The first-order valence-corrected chi connectivity index (χ1v) is 12.5. The molecule has 3 aromatic carbocycles. The Bertz CT molecular complexity index is 1160. The highest BCUT2D eigenvalue weighted by Crippen LogP contribution is 2.28. The van der Waals surface area contributed by atoms with Crippen LogP contribution in [0.1, 0.15) is 12.1 Å². The molecular weight excluding hydrogens is 463 g/mol. The van der Waals surface area contributed by atoms with Gasteiger partial charge < -0.3 is 4.90 Å². The number of rotatable bonds is 7. The zero-order valence-corrected chi connectivity index (χ0v) is 20.6. The minimum Gasteiger partial charge on any atom is -0.369 e. The average Bonchev–Trinajstić information content (AvgIpc) is 3.31. The maximum atomic E-state index is 6.20. The maximum absolute atomic E-state index is 6.20. The molecule has 1 saturated heterocycles. The quantitative estimate of drug-likeness (QED) is 0.291. The third-order valence-electron chi connectivity index (χ3n) is 6.38. The second kappa shape index (κ2) is 10.6. The summed E-state index contributed by atoms with van der Waals surface area (Å²) in [5.74, 6) is 0. The highest BCUT2D eigenvalue weighted by molar-refractivity contribution is 6.42. The summed E-state index contributed by atoms with van der Waals surface area (Å²) in [6, 6.07) is 29.0. The lowest BCUT2D eigenvalue weighted by molar-refractivity contribution is 0.255. The van der Waals surface area contributed by atoms with Crippen LogP contribution in [0.3, 0.4) is 0 Å². The smallest absolute Gasteiger partial charge is 0.0743 e. The van der Waals surface area contributed by atoms with Crippen molar-refractivity contribution in [1.29, 1.82) is 0 Å². The van der Waals surface area contributed by atoms with Gasteiger partial charge in [0.15, 0.2) is 0 Å². The molecule has 1 aromatic heterocycles. The molecule has 34 heavy (non-hydrogen) atoms. The number of benzene rings is 3. The van der Waals surface area contributed by atoms with Crippen molar-refractivity contribution in [2.24, 2.45) is 0 Å². The maximum Gasteiger partial charge on any atom is 0.0743 e. The van der Waals surface area contributed by atoms with Gasteiger partial charge in [0.2, 0.25) is 0 Å². The molecule has 4 nitrogen and oxygen atoms in total. The largest absolute Gasteiger partial charge is 0.369 e. The molecule has 4 aromatic rings. The van der Waals surface area contributed by atoms with Crippen LogP contribution in [0, 0.1) is 0 Å². The Morgan fingerprint density at radius 1 is 0.706 bits per heavy atom. The molecule has 0 saturated carbocycles. The number of hydrogen-bond donors (Lipinski definition) is 0. The highest BCUT2D eigenvalue weighted by Gasteiger charge is 2.18. The molecule has 5 rings (SSSR count). The topological polar surface area (TPSA) is 24.3 Å². The zero-order valence-electron chi connectivity index (χ0n) is 19.1. The number of hydrogen-bond acceptors (Lipinski definition) is 3. The minimum atomic E-state index is 0.606. The number of aromatic nitrogens is 2. The summed E-state index contributed by atoms with van der Waals surface area (Å²) in [6.45, 7) is 5.17. The molecular formula is C28H28Cl2N4. The van der Waals surface area contributed by atoms with E-state index < -0.39 is 0 Å². The number of halogens is 2. The Kier molecular flexibility index (Phi) is 7.19. The first kappa shape index (κ1) is 23.0. The van der Waals surface area contributed by atoms with E-state index in [1.54, 1.807) is 0 Å². The first-order chi connectivity index (χ1) is 16.7. The molecule has 174 valence electrons. The molecule has 0 unspecified atom stereocenters. The molecule has 0 spiro atoms. The molecule has 1 aliphatic heterocycles. The number of nitrogens with zero attached hydrogens (tertiary/aromatic N) is 4. The molecule has 2 heterocycles. The van der Waals surface area contributed by atoms with E-state index in [0.29, 0.717) is 10.0 Å². The van der Waals surface area contributed by atoms with Gasteiger partial charge in [-0.3, -0.25) is 4.90 Å². The monoisotopic (exact) mass is 490 g/mol. The van der Waals surface area contributed by atoms with Crippen molar-refractivity contribution in [3.05, 3.63) is 101 Å². The molecule has 0 radical (unpaired) electrons. The van der Waals surface area contributed by atoms with Gasteiger partial charge in [-0.1, -0.05) is 71.7 Å². The number of para-hydroxylation sites is 1. The van der Waals surface area contributed by atoms with E-state index in [9.17, 15) is 0 Å². The third kappa shape index (κ3) is 5.30. The van der Waals surface area contributed by atoms with E-state index in [4.69, 9.17) is 28.3 Å². The Balaban J connectivity index is 1.20. The normalized spacial score (nSPS) is 14.5. The Morgan fingerprint density at radius 2 is 1.41 bits per heavy atom. The fourth-order valence-corrected chi connectivity index (χ4v) is 4.82. The molecule has 0 N–H and O–H groups in total. The van der Waals surface area contributed by atoms with Crippen LogP contribution in [0.4, 0.5) is 5.69 Å². The molecule has 0 aliphatic carbocycles. The lowest BCUT2D eigenvalue weighted by Gasteiger charge is -2.36. The van der Waals surface area contributed by atoms with Crippen molar-refractivity contribution in [3.63, 3.8) is 0 Å². The van der Waals surface area contributed by atoms with E-state index in [-0.39, 0.29) is 0 Å². The lowest BCUT2D eigenvalue weighted by atomic mass is 10.1. The summed E-state index contributed by atoms with van der Waals surface area (Å²) in [7, 11) is 0. The van der Waals surface area contributed by atoms with Gasteiger partial charge in [-0.15, -0.1) is 0 Å². The molecule has 0 amide bonds. The van der Waals surface area contributed by atoms with Crippen LogP contribution in [0.15, 0.2) is 84.9 Å². The van der Waals surface area contributed by atoms with Crippen LogP contribution < -0.4 is 4.90 Å². The van der Waals surface area contributed by atoms with Crippen LogP contribution in [0.25, 0.3) is 16.9 Å². The van der Waals surface area contributed by atoms with Gasteiger partial charge in [-0.25, -0.2) is 4.68 Å². The standard InChI is InChI=1S/C28H28Cl2N4/c29-26-14-13-25(21-27(26)30)33-18-16-32(17-19-33)15-7-10-23-20-28(22-8-3-1-4-9-22)34(31-23)24-11-5-2-6-12-24/h1-6,8-9,11-14,20-21H,7,10,15-19H2. The molecule has 0 atom stereocenters. The van der Waals surface area contributed by atoms with Crippen LogP contribution in [0.2, 0.25) is 10.0 Å². The van der Waals surface area contributed by atoms with Gasteiger partial charge in [0, 0.05) is 37.4 Å². The Labute approximate surface area is 211 Å². The summed E-state index contributed by atoms with van der Waals surface area (Å²) < 4.78 is 2.07. The van der Waals surface area contributed by atoms with Crippen LogP contribution in [0.5, 0.6) is 0 Å². The van der Waals surface area contributed by atoms with Crippen molar-refractivity contribution >= 4 is 28.9 Å². The van der Waals surface area contributed by atoms with Crippen molar-refractivity contribution in [1.82, 2.24) is 14.7 Å². The van der Waals surface area contributed by atoms with Crippen molar-refractivity contribution < 1.29 is 0 Å². The van der Waals surface area contributed by atoms with Crippen molar-refractivity contribution in [3.8, 4) is 16.9 Å². The fourth-order valence-electron chi connectivity index (χ4n) is 4.53. The Morgan fingerprint density at radius 3 is 2.12 bits per heavy atom. The van der Waals surface area contributed by atoms with Gasteiger partial charge in [0.1, 0.15) is 0 Å². The molecule has 6 heteroatoms. The second-order valence-electron chi connectivity index (χ2n) is 8.66. The summed E-state index contributed by atoms with van der Waals surface area (Å²) >= 11 is 12.3. The summed E-state index contributed by atoms with van der Waals surface area (Å²) in [6.07, 6.45) is 2.06. The summed E-state index contributed by atoms with van der Waals surface area (Å²) in [5.41, 5.74) is 5.69. The molecule has 0 bridgehead atoms. The third-order valence-corrected chi connectivity index (χ3v) is 7.12. The summed E-state index contributed by atoms with van der Waals surface area (Å²) in [5, 5.41) is 6.20. The van der Waals surface area contributed by atoms with Crippen molar-refractivity contribution in [2.75, 3.05) is 37.6 Å². The lowest BCUT2D eigenvalue weighted by Crippen LogP contribution is -2.46. The van der Waals surface area contributed by atoms with Gasteiger partial charge >= 0.3 is 0 Å². The zero-order chi connectivity index (χ0) is 23.3. The van der Waals surface area contributed by atoms with E-state index in [2.05, 4.69) is 81.2 Å². The van der Waals surface area contributed by atoms with E-state index in [1.165, 1.54) is 5.56 Å². The fraction of sp³-hybridized carbons (Fsp3) is 0.250. The minimum absolute atomic E-state index is 0.606. The van der Waals surface area contributed by atoms with Gasteiger partial charge in [-0.2, -0.15) is 5.10 Å². The predicted octanol–water partition coefficient (Wildman–Crippen LogP) is 6.60. The number of anilines is 1. The summed E-state index contributed by atoms with van der Waals surface area (Å²) in [4.78, 5) is 4.92. The SMILES string of the molecule is Clc1ccc(N2CCN(CCCc3cc(-c4ccccc4)n(-c4ccccc4)n3)CC2)cc1Cl. The van der Waals surface area contributed by atoms with Gasteiger partial charge in [0.25, 0.3) is 0 Å². The van der Waals surface area contributed by atoms with E-state index in [1.807, 2.05) is 18.2 Å². The molecule has 1 fully saturated rings. The first-order valence-electron chi connectivity index (χ1n) is 11.8. The number of aryl methyl sites for hydroxylation is 1. The Hall–Kier alpha value is -2.79. The van der Waals surface area contributed by atoms with E-state index >= 15 is 0 Å². The molecule has 1 aliphatic rings. The van der Waals surface area contributed by atoms with Gasteiger partial charge in [-0.05, 0) is 55.8 Å².